The Morgan fingerprint density at radius 2 is 1.51 bits per heavy atom. The van der Waals surface area contributed by atoms with E-state index in [1.165, 1.54) is 0 Å². The summed E-state index contributed by atoms with van der Waals surface area (Å²) in [6.45, 7) is 9.36. The number of anilines is 2. The highest BCUT2D eigenvalue weighted by Crippen LogP contribution is 2.34. The lowest BCUT2D eigenvalue weighted by molar-refractivity contribution is 0.0598. The Bertz CT molecular complexity index is 1920. The number of aryl methyl sites for hydroxylation is 1. The van der Waals surface area contributed by atoms with Gasteiger partial charge in [0.25, 0.3) is 5.91 Å². The third-order valence-electron chi connectivity index (χ3n) is 8.33. The number of aromatic nitrogens is 2. The van der Waals surface area contributed by atoms with Crippen LogP contribution in [-0.2, 0) is 5.41 Å². The summed E-state index contributed by atoms with van der Waals surface area (Å²) in [6, 6.07) is 26.2. The Hall–Kier alpha value is -4.53. The molecule has 10 heteroatoms. The van der Waals surface area contributed by atoms with Gasteiger partial charge in [-0.3, -0.25) is 10.1 Å². The molecule has 1 aromatic heterocycles. The van der Waals surface area contributed by atoms with Crippen LogP contribution in [0.5, 0.6) is 5.75 Å². The van der Waals surface area contributed by atoms with E-state index in [0.717, 1.165) is 33.5 Å². The van der Waals surface area contributed by atoms with Gasteiger partial charge in [0.05, 0.1) is 32.7 Å². The third kappa shape index (κ3) is 7.09. The molecule has 47 heavy (non-hydrogen) atoms. The highest BCUT2D eigenvalue weighted by Gasteiger charge is 2.28. The minimum atomic E-state index is -0.381. The van der Waals surface area contributed by atoms with Gasteiger partial charge in [0.1, 0.15) is 17.7 Å². The maximum Gasteiger partial charge on any atom is 0.324 e. The number of nitrogens with one attached hydrogen (secondary N) is 2. The standard InChI is InChI=1S/C37H37Cl2N5O3/c1-23-12-14-24(15-13-23)44-33(22-32(42-44)37(2,3)4)41-36(46)40-30-16-17-31(27-9-6-5-8-26(27)30)47-25-18-20-43(21-19-25)35(45)34-28(38)10-7-11-29(34)39/h5-17,22,25H,18-21H2,1-4H3,(H2,40,41,46). The van der Waals surface area contributed by atoms with Crippen LogP contribution >= 0.6 is 23.2 Å². The van der Waals surface area contributed by atoms with Gasteiger partial charge in [-0.05, 0) is 43.3 Å². The zero-order valence-corrected chi connectivity index (χ0v) is 28.3. The van der Waals surface area contributed by atoms with E-state index in [1.54, 1.807) is 27.8 Å². The van der Waals surface area contributed by atoms with Gasteiger partial charge < -0.3 is 15.0 Å². The molecule has 3 amide bonds. The number of urea groups is 1. The van der Waals surface area contributed by atoms with Crippen LogP contribution in [0.2, 0.25) is 10.0 Å². The fourth-order valence-electron chi connectivity index (χ4n) is 5.69. The van der Waals surface area contributed by atoms with Crippen LogP contribution < -0.4 is 15.4 Å². The lowest BCUT2D eigenvalue weighted by Crippen LogP contribution is -2.42. The molecule has 242 valence electrons. The molecule has 2 N–H and O–H groups in total. The number of hydrogen-bond acceptors (Lipinski definition) is 4. The number of nitrogens with zero attached hydrogens (tertiary/aromatic N) is 3. The smallest absolute Gasteiger partial charge is 0.324 e. The third-order valence-corrected chi connectivity index (χ3v) is 8.96. The van der Waals surface area contributed by atoms with E-state index in [2.05, 4.69) is 31.4 Å². The number of ether oxygens (including phenoxy) is 1. The SMILES string of the molecule is Cc1ccc(-n2nc(C(C)(C)C)cc2NC(=O)Nc2ccc(OC3CCN(C(=O)c4c(Cl)cccc4Cl)CC3)c3ccccc23)cc1. The van der Waals surface area contributed by atoms with E-state index in [-0.39, 0.29) is 23.5 Å². The van der Waals surface area contributed by atoms with Gasteiger partial charge in [-0.1, -0.05) is 92.0 Å². The number of benzene rings is 4. The molecule has 6 rings (SSSR count). The molecule has 2 heterocycles. The number of halogens is 2. The maximum absolute atomic E-state index is 13.4. The molecular weight excluding hydrogens is 633 g/mol. The largest absolute Gasteiger partial charge is 0.490 e. The fraction of sp³-hybridized carbons (Fsp3) is 0.270. The van der Waals surface area contributed by atoms with Crippen molar-refractivity contribution in [3.8, 4) is 11.4 Å². The molecule has 4 aromatic carbocycles. The van der Waals surface area contributed by atoms with Crippen LogP contribution in [0.1, 0.15) is 55.2 Å². The predicted octanol–water partition coefficient (Wildman–Crippen LogP) is 9.27. The van der Waals surface area contributed by atoms with Gasteiger partial charge in [-0.2, -0.15) is 5.10 Å². The molecule has 1 fully saturated rings. The van der Waals surface area contributed by atoms with Crippen LogP contribution in [0, 0.1) is 6.92 Å². The molecule has 0 atom stereocenters. The molecule has 0 spiro atoms. The molecular formula is C37H37Cl2N5O3. The molecule has 0 unspecified atom stereocenters. The van der Waals surface area contributed by atoms with Crippen molar-refractivity contribution in [2.24, 2.45) is 0 Å². The van der Waals surface area contributed by atoms with Crippen LogP contribution in [0.4, 0.5) is 16.3 Å². The first-order chi connectivity index (χ1) is 22.5. The summed E-state index contributed by atoms with van der Waals surface area (Å²) >= 11 is 12.6. The van der Waals surface area contributed by atoms with Gasteiger partial charge in [-0.25, -0.2) is 9.48 Å². The van der Waals surface area contributed by atoms with Crippen molar-refractivity contribution in [2.45, 2.75) is 52.1 Å². The number of carbonyl (C=O) groups is 2. The molecule has 0 bridgehead atoms. The van der Waals surface area contributed by atoms with Gasteiger partial charge >= 0.3 is 6.03 Å². The van der Waals surface area contributed by atoms with E-state index >= 15 is 0 Å². The predicted molar refractivity (Wildman–Crippen MR) is 190 cm³/mol. The Morgan fingerprint density at radius 1 is 0.851 bits per heavy atom. The highest BCUT2D eigenvalue weighted by atomic mass is 35.5. The van der Waals surface area contributed by atoms with Gasteiger partial charge in [0.2, 0.25) is 0 Å². The lowest BCUT2D eigenvalue weighted by atomic mass is 9.92. The summed E-state index contributed by atoms with van der Waals surface area (Å²) < 4.78 is 8.24. The van der Waals surface area contributed by atoms with Crippen molar-refractivity contribution in [3.63, 3.8) is 0 Å². The number of likely N-dealkylation sites (tertiary alicyclic amines) is 1. The van der Waals surface area contributed by atoms with Crippen molar-refractivity contribution in [1.29, 1.82) is 0 Å². The van der Waals surface area contributed by atoms with Crippen LogP contribution in [0.25, 0.3) is 16.5 Å². The Labute approximate surface area is 284 Å². The van der Waals surface area contributed by atoms with Crippen molar-refractivity contribution in [2.75, 3.05) is 23.7 Å². The lowest BCUT2D eigenvalue weighted by Gasteiger charge is -2.33. The molecule has 8 nitrogen and oxygen atoms in total. The molecule has 0 radical (unpaired) electrons. The number of carbonyl (C=O) groups excluding carboxylic acids is 2. The molecule has 1 aliphatic heterocycles. The van der Waals surface area contributed by atoms with Crippen LogP contribution in [-0.4, -0.2) is 45.8 Å². The second-order valence-corrected chi connectivity index (χ2v) is 13.7. The van der Waals surface area contributed by atoms with E-state index in [9.17, 15) is 9.59 Å². The van der Waals surface area contributed by atoms with E-state index < -0.39 is 0 Å². The number of hydrogen-bond donors (Lipinski definition) is 2. The number of rotatable bonds is 6. The summed E-state index contributed by atoms with van der Waals surface area (Å²) in [5, 5.41) is 13.3. The molecule has 1 saturated heterocycles. The second kappa shape index (κ2) is 13.3. The second-order valence-electron chi connectivity index (χ2n) is 12.9. The summed E-state index contributed by atoms with van der Waals surface area (Å²) in [4.78, 5) is 28.3. The minimum Gasteiger partial charge on any atom is -0.490 e. The Morgan fingerprint density at radius 3 is 2.17 bits per heavy atom. The molecule has 1 aliphatic rings. The number of amides is 3. The topological polar surface area (TPSA) is 88.5 Å². The zero-order chi connectivity index (χ0) is 33.3. The molecule has 5 aromatic rings. The zero-order valence-electron chi connectivity index (χ0n) is 26.8. The van der Waals surface area contributed by atoms with E-state index in [1.807, 2.05) is 73.7 Å². The van der Waals surface area contributed by atoms with Crippen molar-refractivity contribution in [1.82, 2.24) is 14.7 Å². The summed E-state index contributed by atoms with van der Waals surface area (Å²) in [6.07, 6.45) is 1.25. The quantitative estimate of drug-likeness (QED) is 0.189. The summed E-state index contributed by atoms with van der Waals surface area (Å²) in [7, 11) is 0. The molecule has 0 aliphatic carbocycles. The van der Waals surface area contributed by atoms with Gasteiger partial charge in [0, 0.05) is 48.2 Å². The van der Waals surface area contributed by atoms with E-state index in [0.29, 0.717) is 53.0 Å². The first-order valence-corrected chi connectivity index (χ1v) is 16.4. The van der Waals surface area contributed by atoms with Gasteiger partial charge in [-0.15, -0.1) is 0 Å². The minimum absolute atomic E-state index is 0.0784. The summed E-state index contributed by atoms with van der Waals surface area (Å²) in [5.41, 5.74) is 3.65. The average molecular weight is 671 g/mol. The number of fused-ring (bicyclic) bond motifs is 1. The Balaban J connectivity index is 1.16. The first-order valence-electron chi connectivity index (χ1n) is 15.7. The fourth-order valence-corrected chi connectivity index (χ4v) is 6.25. The van der Waals surface area contributed by atoms with Crippen LogP contribution in [0.15, 0.2) is 84.9 Å². The van der Waals surface area contributed by atoms with E-state index in [4.69, 9.17) is 33.0 Å². The first kappa shape index (κ1) is 32.4. The average Bonchev–Trinajstić information content (AvgIpc) is 3.47. The van der Waals surface area contributed by atoms with Crippen molar-refractivity contribution in [3.05, 3.63) is 112 Å². The highest BCUT2D eigenvalue weighted by molar-refractivity contribution is 6.39. The Kier molecular flexibility index (Phi) is 9.17. The van der Waals surface area contributed by atoms with Crippen molar-refractivity contribution >= 4 is 57.4 Å². The summed E-state index contributed by atoms with van der Waals surface area (Å²) in [5.74, 6) is 1.12. The van der Waals surface area contributed by atoms with Gasteiger partial charge in [0.15, 0.2) is 0 Å². The van der Waals surface area contributed by atoms with Crippen molar-refractivity contribution < 1.29 is 14.3 Å². The monoisotopic (exact) mass is 669 g/mol. The van der Waals surface area contributed by atoms with Crippen LogP contribution in [0.3, 0.4) is 0 Å². The molecule has 0 saturated carbocycles. The number of piperidine rings is 1. The maximum atomic E-state index is 13.4. The normalized spacial score (nSPS) is 13.9.